The van der Waals surface area contributed by atoms with Gasteiger partial charge in [0, 0.05) is 13.0 Å². The predicted octanol–water partition coefficient (Wildman–Crippen LogP) is 0.914. The summed E-state index contributed by atoms with van der Waals surface area (Å²) in [5.74, 6) is -1.02. The molecule has 1 N–H and O–H groups in total. The molecule has 1 unspecified atom stereocenters. The molecular formula is C12H9ClN2O3. The van der Waals surface area contributed by atoms with E-state index in [1.165, 1.54) is 4.90 Å². The molecule has 2 heterocycles. The second-order valence-corrected chi connectivity index (χ2v) is 4.91. The maximum Gasteiger partial charge on any atom is 0.261 e. The molecule has 3 amide bonds. The van der Waals surface area contributed by atoms with E-state index in [-0.39, 0.29) is 23.3 Å². The Balaban J connectivity index is 2.12. The van der Waals surface area contributed by atoms with Gasteiger partial charge >= 0.3 is 0 Å². The van der Waals surface area contributed by atoms with Crippen LogP contribution in [0.15, 0.2) is 18.2 Å². The van der Waals surface area contributed by atoms with Crippen LogP contribution in [0, 0.1) is 0 Å². The summed E-state index contributed by atoms with van der Waals surface area (Å²) in [6.45, 7) is 0.359. The Hall–Kier alpha value is -1.88. The standard InChI is InChI=1S/C12H9ClN2O3/c13-6-4-9(16)15(5-6)8-3-1-2-7-10(8)12(18)14-11(7)17/h1-3,6H,4-5H2,(H,14,17,18). The fraction of sp³-hybridized carbons (Fsp3) is 0.250. The molecule has 1 fully saturated rings. The average Bonchev–Trinajstić information content (AvgIpc) is 2.80. The van der Waals surface area contributed by atoms with Crippen LogP contribution in [0.25, 0.3) is 0 Å². The molecule has 0 radical (unpaired) electrons. The Kier molecular flexibility index (Phi) is 2.38. The highest BCUT2D eigenvalue weighted by atomic mass is 35.5. The fourth-order valence-electron chi connectivity index (χ4n) is 2.32. The van der Waals surface area contributed by atoms with Crippen LogP contribution in [-0.4, -0.2) is 29.6 Å². The summed E-state index contributed by atoms with van der Waals surface area (Å²) in [7, 11) is 0. The Labute approximate surface area is 108 Å². The smallest absolute Gasteiger partial charge is 0.261 e. The normalized spacial score (nSPS) is 22.4. The van der Waals surface area contributed by atoms with E-state index in [1.54, 1.807) is 18.2 Å². The number of halogens is 1. The minimum absolute atomic E-state index is 0.129. The van der Waals surface area contributed by atoms with Crippen molar-refractivity contribution in [3.05, 3.63) is 29.3 Å². The molecule has 1 saturated heterocycles. The molecule has 0 aromatic heterocycles. The number of carbonyl (C=O) groups is 3. The molecule has 0 saturated carbocycles. The molecule has 2 aliphatic rings. The van der Waals surface area contributed by atoms with Crippen molar-refractivity contribution in [2.45, 2.75) is 11.8 Å². The molecule has 3 rings (SSSR count). The zero-order valence-electron chi connectivity index (χ0n) is 9.27. The number of benzene rings is 1. The van der Waals surface area contributed by atoms with E-state index < -0.39 is 11.8 Å². The second-order valence-electron chi connectivity index (χ2n) is 4.29. The van der Waals surface area contributed by atoms with Gasteiger partial charge in [-0.15, -0.1) is 11.6 Å². The van der Waals surface area contributed by atoms with E-state index in [2.05, 4.69) is 5.32 Å². The van der Waals surface area contributed by atoms with Gasteiger partial charge in [0.15, 0.2) is 0 Å². The van der Waals surface area contributed by atoms with Gasteiger partial charge in [0.1, 0.15) is 0 Å². The van der Waals surface area contributed by atoms with E-state index in [1.807, 2.05) is 0 Å². The van der Waals surface area contributed by atoms with Gasteiger partial charge in [0.2, 0.25) is 5.91 Å². The van der Waals surface area contributed by atoms with Gasteiger partial charge in [-0.05, 0) is 12.1 Å². The Morgan fingerprint density at radius 3 is 2.67 bits per heavy atom. The number of alkyl halides is 1. The van der Waals surface area contributed by atoms with Crippen molar-refractivity contribution in [1.29, 1.82) is 0 Å². The molecule has 6 heteroatoms. The monoisotopic (exact) mass is 264 g/mol. The average molecular weight is 265 g/mol. The summed E-state index contributed by atoms with van der Waals surface area (Å²) in [5, 5.41) is 1.97. The highest BCUT2D eigenvalue weighted by Crippen LogP contribution is 2.31. The topological polar surface area (TPSA) is 66.5 Å². The van der Waals surface area contributed by atoms with Gasteiger partial charge in [0.25, 0.3) is 11.8 Å². The van der Waals surface area contributed by atoms with Gasteiger partial charge in [-0.1, -0.05) is 6.07 Å². The van der Waals surface area contributed by atoms with Crippen LogP contribution >= 0.6 is 11.6 Å². The lowest BCUT2D eigenvalue weighted by molar-refractivity contribution is -0.117. The number of anilines is 1. The molecule has 1 aromatic carbocycles. The van der Waals surface area contributed by atoms with E-state index in [0.29, 0.717) is 17.8 Å². The minimum atomic E-state index is -0.462. The molecule has 18 heavy (non-hydrogen) atoms. The molecule has 0 spiro atoms. The van der Waals surface area contributed by atoms with Crippen LogP contribution in [0.3, 0.4) is 0 Å². The number of hydrogen-bond donors (Lipinski definition) is 1. The molecular weight excluding hydrogens is 256 g/mol. The maximum atomic E-state index is 11.8. The van der Waals surface area contributed by atoms with Crippen LogP contribution < -0.4 is 10.2 Å². The zero-order valence-corrected chi connectivity index (χ0v) is 10.0. The first-order chi connectivity index (χ1) is 8.58. The third-order valence-corrected chi connectivity index (χ3v) is 3.40. The first-order valence-corrected chi connectivity index (χ1v) is 5.94. The number of imide groups is 1. The molecule has 2 aliphatic heterocycles. The SMILES string of the molecule is O=C1NC(=O)c2c1cccc2N1CC(Cl)CC1=O. The van der Waals surface area contributed by atoms with E-state index in [0.717, 1.165) is 0 Å². The van der Waals surface area contributed by atoms with Crippen LogP contribution in [-0.2, 0) is 4.79 Å². The third kappa shape index (κ3) is 1.51. The minimum Gasteiger partial charge on any atom is -0.310 e. The lowest BCUT2D eigenvalue weighted by Gasteiger charge is -2.18. The van der Waals surface area contributed by atoms with Crippen molar-refractivity contribution in [2.75, 3.05) is 11.4 Å². The summed E-state index contributed by atoms with van der Waals surface area (Å²) in [6.07, 6.45) is 0.251. The van der Waals surface area contributed by atoms with Gasteiger partial charge in [-0.2, -0.15) is 0 Å². The predicted molar refractivity (Wildman–Crippen MR) is 64.8 cm³/mol. The van der Waals surface area contributed by atoms with E-state index in [9.17, 15) is 14.4 Å². The summed E-state index contributed by atoms with van der Waals surface area (Å²) < 4.78 is 0. The molecule has 1 atom stereocenters. The number of nitrogens with zero attached hydrogens (tertiary/aromatic N) is 1. The number of amides is 3. The first-order valence-electron chi connectivity index (χ1n) is 5.51. The van der Waals surface area contributed by atoms with Crippen molar-refractivity contribution in [3.63, 3.8) is 0 Å². The summed E-state index contributed by atoms with van der Waals surface area (Å²) in [6, 6.07) is 4.88. The first kappa shape index (κ1) is 11.2. The molecule has 5 nitrogen and oxygen atoms in total. The number of rotatable bonds is 1. The van der Waals surface area contributed by atoms with Crippen molar-refractivity contribution in [1.82, 2.24) is 5.32 Å². The Bertz CT molecular complexity index is 585. The van der Waals surface area contributed by atoms with Crippen molar-refractivity contribution < 1.29 is 14.4 Å². The number of carbonyl (C=O) groups excluding carboxylic acids is 3. The zero-order chi connectivity index (χ0) is 12.9. The third-order valence-electron chi connectivity index (χ3n) is 3.11. The van der Waals surface area contributed by atoms with Crippen LogP contribution in [0.4, 0.5) is 5.69 Å². The van der Waals surface area contributed by atoms with Crippen LogP contribution in [0.1, 0.15) is 27.1 Å². The van der Waals surface area contributed by atoms with Gasteiger partial charge in [-0.25, -0.2) is 0 Å². The van der Waals surface area contributed by atoms with E-state index >= 15 is 0 Å². The second kappa shape index (κ2) is 3.81. The van der Waals surface area contributed by atoms with Gasteiger partial charge in [-0.3, -0.25) is 19.7 Å². The Morgan fingerprint density at radius 1 is 1.22 bits per heavy atom. The van der Waals surface area contributed by atoms with Gasteiger partial charge < -0.3 is 4.90 Å². The fourth-order valence-corrected chi connectivity index (χ4v) is 2.59. The van der Waals surface area contributed by atoms with Crippen LogP contribution in [0.5, 0.6) is 0 Å². The lowest BCUT2D eigenvalue weighted by Crippen LogP contribution is -2.27. The van der Waals surface area contributed by atoms with Gasteiger partial charge in [0.05, 0.1) is 22.2 Å². The summed E-state index contributed by atoms with van der Waals surface area (Å²) in [5.41, 5.74) is 1.04. The van der Waals surface area contributed by atoms with Crippen molar-refractivity contribution in [2.24, 2.45) is 0 Å². The highest BCUT2D eigenvalue weighted by Gasteiger charge is 2.36. The maximum absolute atomic E-state index is 11.8. The quantitative estimate of drug-likeness (QED) is 0.606. The molecule has 92 valence electrons. The Morgan fingerprint density at radius 2 is 2.00 bits per heavy atom. The number of fused-ring (bicyclic) bond motifs is 1. The summed E-state index contributed by atoms with van der Waals surface area (Å²) >= 11 is 5.94. The highest BCUT2D eigenvalue weighted by molar-refractivity contribution is 6.26. The lowest BCUT2D eigenvalue weighted by atomic mass is 10.1. The number of hydrogen-bond acceptors (Lipinski definition) is 3. The molecule has 0 aliphatic carbocycles. The van der Waals surface area contributed by atoms with E-state index in [4.69, 9.17) is 11.6 Å². The van der Waals surface area contributed by atoms with Crippen molar-refractivity contribution >= 4 is 35.0 Å². The van der Waals surface area contributed by atoms with Crippen molar-refractivity contribution in [3.8, 4) is 0 Å². The molecule has 0 bridgehead atoms. The summed E-state index contributed by atoms with van der Waals surface area (Å²) in [4.78, 5) is 36.5. The van der Waals surface area contributed by atoms with Crippen LogP contribution in [0.2, 0.25) is 0 Å². The number of nitrogens with one attached hydrogen (secondary N) is 1. The largest absolute Gasteiger partial charge is 0.310 e. The molecule has 1 aromatic rings.